The predicted molar refractivity (Wildman–Crippen MR) is 56.3 cm³/mol. The normalized spacial score (nSPS) is 44.8. The number of rotatable bonds is 0. The minimum atomic E-state index is -0.833. The summed E-state index contributed by atoms with van der Waals surface area (Å²) in [6, 6.07) is 0. The number of aliphatic hydroxyl groups is 1. The average molecular weight is 210 g/mol. The molecule has 2 N–H and O–H groups in total. The summed E-state index contributed by atoms with van der Waals surface area (Å²) in [7, 11) is 0. The fourth-order valence-electron chi connectivity index (χ4n) is 3.37. The van der Waals surface area contributed by atoms with Gasteiger partial charge in [0.25, 0.3) is 5.97 Å². The largest absolute Gasteiger partial charge is 0.481 e. The molecule has 0 aliphatic heterocycles. The van der Waals surface area contributed by atoms with Crippen molar-refractivity contribution in [3.05, 3.63) is 12.2 Å². The Kier molecular flexibility index (Phi) is 2.83. The van der Waals surface area contributed by atoms with E-state index in [-0.39, 0.29) is 6.10 Å². The predicted octanol–water partition coefficient (Wildman–Crippen LogP) is 1.67. The zero-order chi connectivity index (χ0) is 11.0. The van der Waals surface area contributed by atoms with E-state index < -0.39 is 5.97 Å². The molecule has 0 amide bonds. The molecule has 0 saturated heterocycles. The van der Waals surface area contributed by atoms with E-state index in [0.29, 0.717) is 11.8 Å². The molecule has 84 valence electrons. The molecule has 0 spiro atoms. The van der Waals surface area contributed by atoms with Crippen LogP contribution in [0.25, 0.3) is 0 Å². The van der Waals surface area contributed by atoms with E-state index in [2.05, 4.69) is 12.2 Å². The van der Waals surface area contributed by atoms with Crippen LogP contribution in [0.15, 0.2) is 12.2 Å². The third-order valence-electron chi connectivity index (χ3n) is 3.96. The Morgan fingerprint density at radius 1 is 1.20 bits per heavy atom. The van der Waals surface area contributed by atoms with Gasteiger partial charge in [-0.15, -0.1) is 0 Å². The van der Waals surface area contributed by atoms with Crippen molar-refractivity contribution >= 4 is 5.97 Å². The van der Waals surface area contributed by atoms with E-state index in [1.165, 1.54) is 19.3 Å². The lowest BCUT2D eigenvalue weighted by Crippen LogP contribution is -2.33. The van der Waals surface area contributed by atoms with Gasteiger partial charge in [0.15, 0.2) is 0 Å². The van der Waals surface area contributed by atoms with Crippen LogP contribution in [0.1, 0.15) is 26.2 Å². The zero-order valence-electron chi connectivity index (χ0n) is 8.97. The second-order valence-corrected chi connectivity index (χ2v) is 4.86. The number of hydrogen-bond acceptors (Lipinski definition) is 2. The summed E-state index contributed by atoms with van der Waals surface area (Å²) in [4.78, 5) is 9.00. The molecule has 0 radical (unpaired) electrons. The average Bonchev–Trinajstić information content (AvgIpc) is 2.58. The highest BCUT2D eigenvalue weighted by Gasteiger charge is 2.48. The van der Waals surface area contributed by atoms with Crippen LogP contribution < -0.4 is 0 Å². The monoisotopic (exact) mass is 210 g/mol. The van der Waals surface area contributed by atoms with Gasteiger partial charge in [0.2, 0.25) is 0 Å². The lowest BCUT2D eigenvalue weighted by molar-refractivity contribution is -0.134. The molecule has 3 aliphatic carbocycles. The molecule has 0 aromatic carbocycles. The summed E-state index contributed by atoms with van der Waals surface area (Å²) >= 11 is 0. The van der Waals surface area contributed by atoms with Crippen LogP contribution in [0, 0.1) is 23.7 Å². The molecule has 4 unspecified atom stereocenters. The van der Waals surface area contributed by atoms with Gasteiger partial charge in [-0.2, -0.15) is 0 Å². The number of aliphatic carboxylic acids is 1. The lowest BCUT2D eigenvalue weighted by atomic mass is 9.76. The molecule has 3 aliphatic rings. The highest BCUT2D eigenvalue weighted by atomic mass is 16.4. The molecule has 0 heterocycles. The summed E-state index contributed by atoms with van der Waals surface area (Å²) in [6.07, 6.45) is 8.62. The zero-order valence-corrected chi connectivity index (χ0v) is 8.97. The fraction of sp³-hybridized carbons (Fsp3) is 0.750. The molecule has 0 aromatic heterocycles. The van der Waals surface area contributed by atoms with E-state index in [1.807, 2.05) is 0 Å². The lowest BCUT2D eigenvalue weighted by Gasteiger charge is -2.32. The van der Waals surface area contributed by atoms with Crippen molar-refractivity contribution < 1.29 is 15.0 Å². The van der Waals surface area contributed by atoms with Crippen LogP contribution in [0.2, 0.25) is 0 Å². The molecule has 2 fully saturated rings. The van der Waals surface area contributed by atoms with E-state index in [1.54, 1.807) is 0 Å². The van der Waals surface area contributed by atoms with Gasteiger partial charge < -0.3 is 10.2 Å². The number of carboxylic acids is 1. The van der Waals surface area contributed by atoms with Gasteiger partial charge in [-0.3, -0.25) is 4.79 Å². The third kappa shape index (κ3) is 1.93. The summed E-state index contributed by atoms with van der Waals surface area (Å²) < 4.78 is 0. The number of hydrogen-bond donors (Lipinski definition) is 2. The van der Waals surface area contributed by atoms with Crippen LogP contribution in [-0.2, 0) is 4.79 Å². The highest BCUT2D eigenvalue weighted by molar-refractivity contribution is 5.62. The van der Waals surface area contributed by atoms with Crippen molar-refractivity contribution in [1.29, 1.82) is 0 Å². The Morgan fingerprint density at radius 2 is 1.60 bits per heavy atom. The SMILES string of the molecule is CC(=O)O.OC1C2CCC1C1C=CC2C1. The molecule has 0 aromatic rings. The van der Waals surface area contributed by atoms with Crippen LogP contribution >= 0.6 is 0 Å². The van der Waals surface area contributed by atoms with Gasteiger partial charge in [0.05, 0.1) is 6.10 Å². The Balaban J connectivity index is 0.000000188. The molecule has 3 heteroatoms. The minimum absolute atomic E-state index is 0.0359. The fourth-order valence-corrected chi connectivity index (χ4v) is 3.37. The standard InChI is InChI=1S/C10H14O.C2H4O2/c11-10-8-3-4-9(10)7-2-1-6(8)5-7;1-2(3)4/h1-2,6-11H,3-5H2;1H3,(H,3,4). The van der Waals surface area contributed by atoms with Crippen molar-refractivity contribution in [3.63, 3.8) is 0 Å². The number of aliphatic hydroxyl groups excluding tert-OH is 1. The molecule has 3 rings (SSSR count). The van der Waals surface area contributed by atoms with Crippen LogP contribution in [0.5, 0.6) is 0 Å². The maximum atomic E-state index is 9.85. The molecule has 15 heavy (non-hydrogen) atoms. The maximum Gasteiger partial charge on any atom is 0.300 e. The smallest absolute Gasteiger partial charge is 0.300 e. The van der Waals surface area contributed by atoms with E-state index in [0.717, 1.165) is 18.8 Å². The van der Waals surface area contributed by atoms with Crippen LogP contribution in [0.3, 0.4) is 0 Å². The molecule has 2 saturated carbocycles. The topological polar surface area (TPSA) is 57.5 Å². The molecule has 4 bridgehead atoms. The van der Waals surface area contributed by atoms with Gasteiger partial charge in [-0.05, 0) is 42.9 Å². The van der Waals surface area contributed by atoms with E-state index in [9.17, 15) is 5.11 Å². The van der Waals surface area contributed by atoms with Crippen molar-refractivity contribution in [2.75, 3.05) is 0 Å². The minimum Gasteiger partial charge on any atom is -0.481 e. The Labute approximate surface area is 89.8 Å². The summed E-state index contributed by atoms with van der Waals surface area (Å²) in [5.74, 6) is 1.87. The van der Waals surface area contributed by atoms with Crippen molar-refractivity contribution in [1.82, 2.24) is 0 Å². The Bertz CT molecular complexity index is 261. The van der Waals surface area contributed by atoms with Gasteiger partial charge in [0, 0.05) is 6.92 Å². The molecular formula is C12H18O3. The second kappa shape index (κ2) is 3.97. The Hall–Kier alpha value is -0.830. The molecular weight excluding hydrogens is 192 g/mol. The van der Waals surface area contributed by atoms with Crippen molar-refractivity contribution in [2.24, 2.45) is 23.7 Å². The Morgan fingerprint density at radius 3 is 2.00 bits per heavy atom. The number of carboxylic acid groups (broad SMARTS) is 1. The third-order valence-corrected chi connectivity index (χ3v) is 3.96. The van der Waals surface area contributed by atoms with Crippen molar-refractivity contribution in [3.8, 4) is 0 Å². The summed E-state index contributed by atoms with van der Waals surface area (Å²) in [6.45, 7) is 1.08. The molecule has 3 nitrogen and oxygen atoms in total. The first kappa shape index (κ1) is 10.7. The number of carbonyl (C=O) groups is 1. The first-order valence-corrected chi connectivity index (χ1v) is 5.65. The van der Waals surface area contributed by atoms with Gasteiger partial charge in [-0.25, -0.2) is 0 Å². The van der Waals surface area contributed by atoms with Gasteiger partial charge >= 0.3 is 0 Å². The summed E-state index contributed by atoms with van der Waals surface area (Å²) in [5.41, 5.74) is 0. The maximum absolute atomic E-state index is 9.85. The van der Waals surface area contributed by atoms with Crippen LogP contribution in [0.4, 0.5) is 0 Å². The van der Waals surface area contributed by atoms with E-state index >= 15 is 0 Å². The van der Waals surface area contributed by atoms with Gasteiger partial charge in [0.1, 0.15) is 0 Å². The highest BCUT2D eigenvalue weighted by Crippen LogP contribution is 2.52. The van der Waals surface area contributed by atoms with Crippen molar-refractivity contribution in [2.45, 2.75) is 32.3 Å². The van der Waals surface area contributed by atoms with Crippen LogP contribution in [-0.4, -0.2) is 22.3 Å². The van der Waals surface area contributed by atoms with Gasteiger partial charge in [-0.1, -0.05) is 12.2 Å². The molecule has 4 atom stereocenters. The number of allylic oxidation sites excluding steroid dienone is 2. The van der Waals surface area contributed by atoms with E-state index in [4.69, 9.17) is 9.90 Å². The second-order valence-electron chi connectivity index (χ2n) is 4.86. The number of fused-ring (bicyclic) bond motifs is 6. The summed E-state index contributed by atoms with van der Waals surface area (Å²) in [5, 5.41) is 17.3. The first-order valence-electron chi connectivity index (χ1n) is 5.65. The quantitative estimate of drug-likeness (QED) is 0.598. The first-order chi connectivity index (χ1) is 7.09.